The van der Waals surface area contributed by atoms with E-state index in [1.54, 1.807) is 0 Å². The third-order valence-corrected chi connectivity index (χ3v) is 8.86. The van der Waals surface area contributed by atoms with Gasteiger partial charge in [0, 0.05) is 10.8 Å². The lowest BCUT2D eigenvalue weighted by Gasteiger charge is -2.19. The zero-order chi connectivity index (χ0) is 28.3. The van der Waals surface area contributed by atoms with E-state index in [-0.39, 0.29) is 0 Å². The highest BCUT2D eigenvalue weighted by molar-refractivity contribution is 6.23. The monoisotopic (exact) mass is 546 g/mol. The maximum atomic E-state index is 6.20. The van der Waals surface area contributed by atoms with Crippen molar-refractivity contribution < 1.29 is 4.42 Å². The van der Waals surface area contributed by atoms with Gasteiger partial charge in [0.2, 0.25) is 0 Å². The highest BCUT2D eigenvalue weighted by atomic mass is 16.3. The lowest BCUT2D eigenvalue weighted by molar-refractivity contribution is 0.669. The van der Waals surface area contributed by atoms with E-state index in [0.29, 0.717) is 0 Å². The Morgan fingerprint density at radius 1 is 0.326 bits per heavy atom. The van der Waals surface area contributed by atoms with Crippen LogP contribution >= 0.6 is 0 Å². The minimum atomic E-state index is 0.920. The van der Waals surface area contributed by atoms with E-state index in [2.05, 4.69) is 146 Å². The molecule has 0 unspecified atom stereocenters. The van der Waals surface area contributed by atoms with Gasteiger partial charge < -0.3 is 4.42 Å². The Bertz CT molecular complexity index is 2440. The molecule has 0 fully saturated rings. The van der Waals surface area contributed by atoms with E-state index in [0.717, 1.165) is 16.6 Å². The molecule has 43 heavy (non-hydrogen) atoms. The second-order valence-electron chi connectivity index (χ2n) is 11.2. The van der Waals surface area contributed by atoms with Gasteiger partial charge in [0.25, 0.3) is 0 Å². The van der Waals surface area contributed by atoms with Crippen molar-refractivity contribution >= 4 is 54.3 Å². The maximum Gasteiger partial charge on any atom is 0.136 e. The third-order valence-electron chi connectivity index (χ3n) is 8.86. The number of rotatable bonds is 3. The van der Waals surface area contributed by atoms with Gasteiger partial charge in [-0.05, 0) is 83.9 Å². The van der Waals surface area contributed by atoms with E-state index in [4.69, 9.17) is 4.42 Å². The average Bonchev–Trinajstić information content (AvgIpc) is 3.46. The summed E-state index contributed by atoms with van der Waals surface area (Å²) in [5.41, 5.74) is 9.29. The molecule has 9 rings (SSSR count). The molecule has 0 aliphatic rings. The van der Waals surface area contributed by atoms with Gasteiger partial charge >= 0.3 is 0 Å². The van der Waals surface area contributed by atoms with E-state index in [9.17, 15) is 0 Å². The second kappa shape index (κ2) is 9.44. The van der Waals surface area contributed by atoms with E-state index >= 15 is 0 Å². The molecule has 200 valence electrons. The van der Waals surface area contributed by atoms with E-state index in [1.807, 2.05) is 12.1 Å². The van der Waals surface area contributed by atoms with Crippen LogP contribution in [0.1, 0.15) is 0 Å². The van der Waals surface area contributed by atoms with Crippen molar-refractivity contribution in [2.45, 2.75) is 0 Å². The number of para-hydroxylation sites is 1. The van der Waals surface area contributed by atoms with Crippen LogP contribution in [0, 0.1) is 0 Å². The maximum absolute atomic E-state index is 6.20. The van der Waals surface area contributed by atoms with Crippen LogP contribution in [0.2, 0.25) is 0 Å². The molecule has 0 atom stereocenters. The first-order chi connectivity index (χ1) is 21.3. The number of hydrogen-bond acceptors (Lipinski definition) is 1. The van der Waals surface area contributed by atoms with Crippen LogP contribution in [0.5, 0.6) is 0 Å². The SMILES string of the molecule is c1ccc(-c2c3ccccc3c(-c3cccc4cc(-c5cccc6oc7ccccc7c56)ccc34)c3ccccc23)cc1. The van der Waals surface area contributed by atoms with Crippen LogP contribution in [-0.4, -0.2) is 0 Å². The van der Waals surface area contributed by atoms with Crippen molar-refractivity contribution in [3.63, 3.8) is 0 Å². The predicted molar refractivity (Wildman–Crippen MR) is 183 cm³/mol. The first kappa shape index (κ1) is 24.0. The predicted octanol–water partition coefficient (Wildman–Crippen LogP) is 12.0. The normalized spacial score (nSPS) is 11.7. The Morgan fingerprint density at radius 3 is 1.65 bits per heavy atom. The Morgan fingerprint density at radius 2 is 0.907 bits per heavy atom. The minimum Gasteiger partial charge on any atom is -0.456 e. The largest absolute Gasteiger partial charge is 0.456 e. The van der Waals surface area contributed by atoms with Crippen molar-refractivity contribution in [1.82, 2.24) is 0 Å². The Kier molecular flexibility index (Phi) is 5.27. The van der Waals surface area contributed by atoms with Crippen molar-refractivity contribution in [2.24, 2.45) is 0 Å². The van der Waals surface area contributed by atoms with Gasteiger partial charge in [-0.2, -0.15) is 0 Å². The summed E-state index contributed by atoms with van der Waals surface area (Å²) < 4.78 is 6.20. The van der Waals surface area contributed by atoms with Crippen LogP contribution < -0.4 is 0 Å². The molecule has 1 heteroatoms. The van der Waals surface area contributed by atoms with Crippen LogP contribution in [0.4, 0.5) is 0 Å². The first-order valence-electron chi connectivity index (χ1n) is 14.8. The molecular formula is C42H26O. The molecule has 0 bridgehead atoms. The lowest BCUT2D eigenvalue weighted by atomic mass is 9.84. The summed E-state index contributed by atoms with van der Waals surface area (Å²) in [5, 5.41) is 9.88. The number of benzene rings is 8. The fourth-order valence-corrected chi connectivity index (χ4v) is 7.02. The molecular weight excluding hydrogens is 520 g/mol. The lowest BCUT2D eigenvalue weighted by Crippen LogP contribution is -1.91. The topological polar surface area (TPSA) is 13.1 Å². The summed E-state index contributed by atoms with van der Waals surface area (Å²) in [6.07, 6.45) is 0. The zero-order valence-electron chi connectivity index (χ0n) is 23.4. The van der Waals surface area contributed by atoms with Gasteiger partial charge in [-0.3, -0.25) is 0 Å². The van der Waals surface area contributed by atoms with E-state index in [1.165, 1.54) is 71.1 Å². The molecule has 0 saturated heterocycles. The first-order valence-corrected chi connectivity index (χ1v) is 14.8. The van der Waals surface area contributed by atoms with Crippen molar-refractivity contribution in [2.75, 3.05) is 0 Å². The molecule has 1 aromatic heterocycles. The van der Waals surface area contributed by atoms with Crippen LogP contribution in [0.25, 0.3) is 87.6 Å². The molecule has 0 aliphatic heterocycles. The van der Waals surface area contributed by atoms with Crippen molar-refractivity contribution in [3.8, 4) is 33.4 Å². The van der Waals surface area contributed by atoms with Gasteiger partial charge in [0.15, 0.2) is 0 Å². The number of hydrogen-bond donors (Lipinski definition) is 0. The summed E-state index contributed by atoms with van der Waals surface area (Å²) in [5.74, 6) is 0. The molecule has 8 aromatic carbocycles. The Hall–Kier alpha value is -5.66. The summed E-state index contributed by atoms with van der Waals surface area (Å²) in [4.78, 5) is 0. The number of fused-ring (bicyclic) bond motifs is 6. The summed E-state index contributed by atoms with van der Waals surface area (Å²) in [7, 11) is 0. The summed E-state index contributed by atoms with van der Waals surface area (Å²) >= 11 is 0. The van der Waals surface area contributed by atoms with Gasteiger partial charge in [0.05, 0.1) is 0 Å². The van der Waals surface area contributed by atoms with Gasteiger partial charge in [-0.25, -0.2) is 0 Å². The van der Waals surface area contributed by atoms with E-state index < -0.39 is 0 Å². The second-order valence-corrected chi connectivity index (χ2v) is 11.2. The van der Waals surface area contributed by atoms with Crippen LogP contribution in [-0.2, 0) is 0 Å². The van der Waals surface area contributed by atoms with Gasteiger partial charge in [-0.1, -0.05) is 140 Å². The molecule has 0 amide bonds. The molecule has 0 spiro atoms. The standard InChI is InChI=1S/C42H26O/c1-2-12-27(13-3-1)40-33-15-4-6-17-35(33)41(36-18-7-5-16-34(36)40)32-21-10-14-28-26-29(24-25-30(28)32)31-20-11-23-39-42(31)37-19-8-9-22-38(37)43-39/h1-26H. The zero-order valence-corrected chi connectivity index (χ0v) is 23.4. The fourth-order valence-electron chi connectivity index (χ4n) is 7.02. The van der Waals surface area contributed by atoms with Crippen LogP contribution in [0.15, 0.2) is 162 Å². The highest BCUT2D eigenvalue weighted by Crippen LogP contribution is 2.46. The Labute approximate surface area is 249 Å². The molecule has 0 saturated carbocycles. The minimum absolute atomic E-state index is 0.920. The van der Waals surface area contributed by atoms with Crippen molar-refractivity contribution in [3.05, 3.63) is 158 Å². The fraction of sp³-hybridized carbons (Fsp3) is 0. The molecule has 0 radical (unpaired) electrons. The third kappa shape index (κ3) is 3.65. The molecule has 1 nitrogen and oxygen atoms in total. The number of furan rings is 1. The molecule has 0 N–H and O–H groups in total. The average molecular weight is 547 g/mol. The highest BCUT2D eigenvalue weighted by Gasteiger charge is 2.18. The quantitative estimate of drug-likeness (QED) is 0.201. The van der Waals surface area contributed by atoms with Gasteiger partial charge in [-0.15, -0.1) is 0 Å². The van der Waals surface area contributed by atoms with Crippen molar-refractivity contribution in [1.29, 1.82) is 0 Å². The Balaban J connectivity index is 1.32. The molecule has 9 aromatic rings. The summed E-state index contributed by atoms with van der Waals surface area (Å²) in [6, 6.07) is 56.8. The molecule has 0 aliphatic carbocycles. The van der Waals surface area contributed by atoms with Gasteiger partial charge in [0.1, 0.15) is 11.2 Å². The smallest absolute Gasteiger partial charge is 0.136 e. The summed E-state index contributed by atoms with van der Waals surface area (Å²) in [6.45, 7) is 0. The molecule has 1 heterocycles. The van der Waals surface area contributed by atoms with Crippen LogP contribution in [0.3, 0.4) is 0 Å².